The summed E-state index contributed by atoms with van der Waals surface area (Å²) in [5.74, 6) is 0.620. The summed E-state index contributed by atoms with van der Waals surface area (Å²) in [7, 11) is 0. The lowest BCUT2D eigenvalue weighted by molar-refractivity contribution is -0.123. The van der Waals surface area contributed by atoms with Crippen LogP contribution in [0.4, 0.5) is 0 Å². The fraction of sp³-hybridized carbons (Fsp3) is 0.250. The molecule has 2 aromatic carbocycles. The van der Waals surface area contributed by atoms with Crippen molar-refractivity contribution in [2.24, 2.45) is 0 Å². The molecular formula is C20H22N2O2. The van der Waals surface area contributed by atoms with Gasteiger partial charge in [0.2, 0.25) is 0 Å². The largest absolute Gasteiger partial charge is 0.484 e. The van der Waals surface area contributed by atoms with Crippen LogP contribution in [0.5, 0.6) is 5.75 Å². The van der Waals surface area contributed by atoms with E-state index in [0.29, 0.717) is 12.3 Å². The van der Waals surface area contributed by atoms with Gasteiger partial charge in [-0.2, -0.15) is 0 Å². The lowest BCUT2D eigenvalue weighted by Gasteiger charge is -2.10. The number of para-hydroxylation sites is 2. The van der Waals surface area contributed by atoms with Crippen LogP contribution in [0.3, 0.4) is 0 Å². The fourth-order valence-electron chi connectivity index (χ4n) is 2.83. The highest BCUT2D eigenvalue weighted by Crippen LogP contribution is 2.19. The number of nitrogens with one attached hydrogen (secondary N) is 1. The van der Waals surface area contributed by atoms with Crippen LogP contribution in [0.25, 0.3) is 10.9 Å². The van der Waals surface area contributed by atoms with Gasteiger partial charge in [0.15, 0.2) is 6.61 Å². The summed E-state index contributed by atoms with van der Waals surface area (Å²) >= 11 is 0. The second-order valence-electron chi connectivity index (χ2n) is 5.80. The van der Waals surface area contributed by atoms with E-state index in [1.54, 1.807) is 0 Å². The number of fused-ring (bicyclic) bond motifs is 1. The van der Waals surface area contributed by atoms with Crippen molar-refractivity contribution in [3.63, 3.8) is 0 Å². The van der Waals surface area contributed by atoms with Gasteiger partial charge in [-0.1, -0.05) is 36.4 Å². The van der Waals surface area contributed by atoms with E-state index in [4.69, 9.17) is 4.74 Å². The van der Waals surface area contributed by atoms with E-state index >= 15 is 0 Å². The number of rotatable bonds is 7. The Labute approximate surface area is 142 Å². The minimum absolute atomic E-state index is 0.0511. The molecule has 4 nitrogen and oxygen atoms in total. The zero-order chi connectivity index (χ0) is 16.8. The molecule has 24 heavy (non-hydrogen) atoms. The Morgan fingerprint density at radius 2 is 1.83 bits per heavy atom. The van der Waals surface area contributed by atoms with E-state index in [9.17, 15) is 4.79 Å². The molecule has 0 atom stereocenters. The van der Waals surface area contributed by atoms with Crippen LogP contribution in [0.1, 0.15) is 12.1 Å². The third-order valence-electron chi connectivity index (χ3n) is 4.01. The highest BCUT2D eigenvalue weighted by atomic mass is 16.5. The second kappa shape index (κ2) is 7.68. The highest BCUT2D eigenvalue weighted by molar-refractivity contribution is 5.81. The lowest BCUT2D eigenvalue weighted by Crippen LogP contribution is -2.30. The van der Waals surface area contributed by atoms with Crippen LogP contribution < -0.4 is 10.1 Å². The van der Waals surface area contributed by atoms with E-state index in [0.717, 1.165) is 13.0 Å². The molecule has 0 radical (unpaired) electrons. The topological polar surface area (TPSA) is 43.3 Å². The van der Waals surface area contributed by atoms with Crippen LogP contribution in [0, 0.1) is 6.92 Å². The van der Waals surface area contributed by atoms with Crippen molar-refractivity contribution in [3.8, 4) is 5.75 Å². The number of ether oxygens (including phenoxy) is 1. The second-order valence-corrected chi connectivity index (χ2v) is 5.80. The molecule has 3 aromatic rings. The number of carbonyl (C=O) groups excluding carboxylic acids is 1. The molecule has 0 spiro atoms. The number of benzene rings is 2. The van der Waals surface area contributed by atoms with Crippen LogP contribution in [-0.4, -0.2) is 23.6 Å². The molecule has 0 aliphatic carbocycles. The smallest absolute Gasteiger partial charge is 0.257 e. The molecule has 124 valence electrons. The predicted octanol–water partition coefficient (Wildman–Crippen LogP) is 3.54. The summed E-state index contributed by atoms with van der Waals surface area (Å²) in [5.41, 5.74) is 2.49. The van der Waals surface area contributed by atoms with Crippen molar-refractivity contribution in [3.05, 3.63) is 66.4 Å². The van der Waals surface area contributed by atoms with E-state index in [2.05, 4.69) is 47.1 Å². The van der Waals surface area contributed by atoms with E-state index in [1.807, 2.05) is 30.3 Å². The number of hydrogen-bond acceptors (Lipinski definition) is 2. The first kappa shape index (κ1) is 16.1. The molecule has 1 aromatic heterocycles. The Morgan fingerprint density at radius 3 is 2.67 bits per heavy atom. The molecule has 0 aliphatic heterocycles. The van der Waals surface area contributed by atoms with Gasteiger partial charge < -0.3 is 14.6 Å². The van der Waals surface area contributed by atoms with Crippen molar-refractivity contribution in [2.75, 3.05) is 13.2 Å². The van der Waals surface area contributed by atoms with E-state index in [1.165, 1.54) is 16.6 Å². The zero-order valence-corrected chi connectivity index (χ0v) is 13.9. The van der Waals surface area contributed by atoms with E-state index in [-0.39, 0.29) is 12.5 Å². The molecule has 1 amide bonds. The first-order valence-electron chi connectivity index (χ1n) is 8.23. The minimum Gasteiger partial charge on any atom is -0.484 e. The van der Waals surface area contributed by atoms with Gasteiger partial charge in [-0.25, -0.2) is 0 Å². The van der Waals surface area contributed by atoms with Crippen molar-refractivity contribution >= 4 is 16.8 Å². The highest BCUT2D eigenvalue weighted by Gasteiger charge is 2.05. The van der Waals surface area contributed by atoms with Gasteiger partial charge in [-0.15, -0.1) is 0 Å². The average molecular weight is 322 g/mol. The lowest BCUT2D eigenvalue weighted by atomic mass is 10.2. The Kier molecular flexibility index (Phi) is 5.16. The SMILES string of the molecule is Cc1cc2ccccc2n1CCCNC(=O)COc1ccccc1. The molecule has 4 heteroatoms. The first-order chi connectivity index (χ1) is 11.7. The molecule has 1 heterocycles. The molecule has 0 aliphatic rings. The molecule has 0 unspecified atom stereocenters. The van der Waals surface area contributed by atoms with Gasteiger partial charge in [0, 0.05) is 24.3 Å². The fourth-order valence-corrected chi connectivity index (χ4v) is 2.83. The quantitative estimate of drug-likeness (QED) is 0.676. The summed E-state index contributed by atoms with van der Waals surface area (Å²) in [6.45, 7) is 3.70. The van der Waals surface area contributed by atoms with Gasteiger partial charge in [0.05, 0.1) is 0 Å². The Morgan fingerprint density at radius 1 is 1.08 bits per heavy atom. The maximum Gasteiger partial charge on any atom is 0.257 e. The van der Waals surface area contributed by atoms with Gasteiger partial charge in [0.1, 0.15) is 5.75 Å². The summed E-state index contributed by atoms with van der Waals surface area (Å²) in [4.78, 5) is 11.8. The van der Waals surface area contributed by atoms with Crippen LogP contribution in [0.15, 0.2) is 60.7 Å². The Bertz CT molecular complexity index is 809. The molecular weight excluding hydrogens is 300 g/mol. The molecule has 0 saturated heterocycles. The van der Waals surface area contributed by atoms with Crippen molar-refractivity contribution in [2.45, 2.75) is 19.9 Å². The third-order valence-corrected chi connectivity index (χ3v) is 4.01. The number of carbonyl (C=O) groups is 1. The normalized spacial score (nSPS) is 10.7. The maximum absolute atomic E-state index is 11.8. The van der Waals surface area contributed by atoms with E-state index < -0.39 is 0 Å². The standard InChI is InChI=1S/C20H22N2O2/c1-16-14-17-8-5-6-11-19(17)22(16)13-7-12-21-20(23)15-24-18-9-3-2-4-10-18/h2-6,8-11,14H,7,12-13,15H2,1H3,(H,21,23). The predicted molar refractivity (Wildman–Crippen MR) is 96.2 cm³/mol. The van der Waals surface area contributed by atoms with Crippen molar-refractivity contribution < 1.29 is 9.53 Å². The monoisotopic (exact) mass is 322 g/mol. The van der Waals surface area contributed by atoms with Crippen molar-refractivity contribution in [1.29, 1.82) is 0 Å². The number of hydrogen-bond donors (Lipinski definition) is 1. The molecule has 0 saturated carbocycles. The van der Waals surface area contributed by atoms with Gasteiger partial charge >= 0.3 is 0 Å². The Hall–Kier alpha value is -2.75. The van der Waals surface area contributed by atoms with Crippen LogP contribution in [0.2, 0.25) is 0 Å². The molecule has 3 rings (SSSR count). The summed E-state index contributed by atoms with van der Waals surface area (Å²) in [5, 5.41) is 4.17. The number of aromatic nitrogens is 1. The zero-order valence-electron chi connectivity index (χ0n) is 13.9. The van der Waals surface area contributed by atoms with Crippen molar-refractivity contribution in [1.82, 2.24) is 9.88 Å². The summed E-state index contributed by atoms with van der Waals surface area (Å²) in [6, 6.07) is 19.9. The Balaban J connectivity index is 1.43. The van der Waals surface area contributed by atoms with Crippen LogP contribution >= 0.6 is 0 Å². The average Bonchev–Trinajstić information content (AvgIpc) is 2.93. The number of aryl methyl sites for hydroxylation is 2. The van der Waals surface area contributed by atoms with Gasteiger partial charge in [0.25, 0.3) is 5.91 Å². The third kappa shape index (κ3) is 3.96. The maximum atomic E-state index is 11.8. The van der Waals surface area contributed by atoms with Gasteiger partial charge in [-0.05, 0) is 43.0 Å². The summed E-state index contributed by atoms with van der Waals surface area (Å²) in [6.07, 6.45) is 0.886. The van der Waals surface area contributed by atoms with Crippen LogP contribution in [-0.2, 0) is 11.3 Å². The molecule has 1 N–H and O–H groups in total. The number of amides is 1. The number of nitrogens with zero attached hydrogens (tertiary/aromatic N) is 1. The molecule has 0 bridgehead atoms. The minimum atomic E-state index is -0.0899. The molecule has 0 fully saturated rings. The summed E-state index contributed by atoms with van der Waals surface area (Å²) < 4.78 is 7.72. The van der Waals surface area contributed by atoms with Gasteiger partial charge in [-0.3, -0.25) is 4.79 Å². The first-order valence-corrected chi connectivity index (χ1v) is 8.23.